The van der Waals surface area contributed by atoms with E-state index in [0.717, 1.165) is 23.1 Å². The van der Waals surface area contributed by atoms with Crippen molar-refractivity contribution in [2.45, 2.75) is 5.16 Å². The molecule has 17 heavy (non-hydrogen) atoms. The Kier molecular flexibility index (Phi) is 3.38. The van der Waals surface area contributed by atoms with Crippen molar-refractivity contribution in [3.8, 4) is 11.4 Å². The van der Waals surface area contributed by atoms with Crippen molar-refractivity contribution in [2.24, 2.45) is 7.05 Å². The van der Waals surface area contributed by atoms with Crippen LogP contribution in [-0.2, 0) is 11.8 Å². The predicted molar refractivity (Wildman–Crippen MR) is 62.6 cm³/mol. The molecule has 2 rings (SSSR count). The maximum absolute atomic E-state index is 10.4. The first-order valence-electron chi connectivity index (χ1n) is 4.83. The van der Waals surface area contributed by atoms with Crippen LogP contribution >= 0.6 is 11.8 Å². The fourth-order valence-electron chi connectivity index (χ4n) is 1.30. The molecule has 0 bridgehead atoms. The monoisotopic (exact) mass is 250 g/mol. The van der Waals surface area contributed by atoms with Crippen LogP contribution in [-0.4, -0.2) is 36.6 Å². The standard InChI is InChI=1S/C10H10N4O2S/c1-14-8(3-5-12-14)7-2-4-11-10(13-7)17-6-9(15)16/h2-5H,6H2,1H3,(H,15,16). The van der Waals surface area contributed by atoms with Crippen molar-refractivity contribution in [2.75, 3.05) is 5.75 Å². The van der Waals surface area contributed by atoms with Crippen molar-refractivity contribution in [3.05, 3.63) is 24.5 Å². The summed E-state index contributed by atoms with van der Waals surface area (Å²) in [6.45, 7) is 0. The quantitative estimate of drug-likeness (QED) is 0.645. The molecule has 1 N–H and O–H groups in total. The Balaban J connectivity index is 2.23. The Bertz CT molecular complexity index is 541. The fraction of sp³-hybridized carbons (Fsp3) is 0.200. The summed E-state index contributed by atoms with van der Waals surface area (Å²) in [7, 11) is 1.82. The van der Waals surface area contributed by atoms with Gasteiger partial charge in [0.05, 0.1) is 17.1 Å². The van der Waals surface area contributed by atoms with Gasteiger partial charge in [-0.3, -0.25) is 9.48 Å². The van der Waals surface area contributed by atoms with Gasteiger partial charge in [0.15, 0.2) is 5.16 Å². The maximum atomic E-state index is 10.4. The molecule has 0 aliphatic carbocycles. The minimum absolute atomic E-state index is 0.0468. The zero-order valence-electron chi connectivity index (χ0n) is 9.07. The van der Waals surface area contributed by atoms with Crippen LogP contribution in [0.2, 0.25) is 0 Å². The zero-order valence-corrected chi connectivity index (χ0v) is 9.89. The number of carboxylic acid groups (broad SMARTS) is 1. The lowest BCUT2D eigenvalue weighted by Gasteiger charge is -2.02. The van der Waals surface area contributed by atoms with Gasteiger partial charge >= 0.3 is 5.97 Å². The van der Waals surface area contributed by atoms with E-state index in [1.165, 1.54) is 0 Å². The van der Waals surface area contributed by atoms with Crippen LogP contribution in [0.1, 0.15) is 0 Å². The van der Waals surface area contributed by atoms with Gasteiger partial charge < -0.3 is 5.11 Å². The topological polar surface area (TPSA) is 80.9 Å². The van der Waals surface area contributed by atoms with Gasteiger partial charge in [-0.2, -0.15) is 5.10 Å². The first kappa shape index (κ1) is 11.6. The highest BCUT2D eigenvalue weighted by Gasteiger charge is 2.07. The molecule has 0 amide bonds. The molecule has 0 fully saturated rings. The van der Waals surface area contributed by atoms with Crippen molar-refractivity contribution in [3.63, 3.8) is 0 Å². The van der Waals surface area contributed by atoms with Crippen LogP contribution in [0.15, 0.2) is 29.7 Å². The predicted octanol–water partition coefficient (Wildman–Crippen LogP) is 1.05. The van der Waals surface area contributed by atoms with Crippen molar-refractivity contribution < 1.29 is 9.90 Å². The second-order valence-electron chi connectivity index (χ2n) is 3.25. The van der Waals surface area contributed by atoms with Crippen LogP contribution in [0.5, 0.6) is 0 Å². The zero-order chi connectivity index (χ0) is 12.3. The molecule has 88 valence electrons. The largest absolute Gasteiger partial charge is 0.481 e. The van der Waals surface area contributed by atoms with E-state index < -0.39 is 5.97 Å². The van der Waals surface area contributed by atoms with Crippen molar-refractivity contribution in [1.82, 2.24) is 19.7 Å². The van der Waals surface area contributed by atoms with E-state index in [4.69, 9.17) is 5.11 Å². The number of aromatic nitrogens is 4. The third-order valence-electron chi connectivity index (χ3n) is 2.04. The molecule has 0 aromatic carbocycles. The maximum Gasteiger partial charge on any atom is 0.313 e. The highest BCUT2D eigenvalue weighted by Crippen LogP contribution is 2.18. The first-order valence-corrected chi connectivity index (χ1v) is 5.81. The van der Waals surface area contributed by atoms with E-state index in [-0.39, 0.29) is 5.75 Å². The lowest BCUT2D eigenvalue weighted by molar-refractivity contribution is -0.133. The minimum Gasteiger partial charge on any atom is -0.481 e. The van der Waals surface area contributed by atoms with Gasteiger partial charge in [-0.1, -0.05) is 11.8 Å². The molecular weight excluding hydrogens is 240 g/mol. The highest BCUT2D eigenvalue weighted by atomic mass is 32.2. The van der Waals surface area contributed by atoms with Gasteiger partial charge in [0, 0.05) is 19.4 Å². The molecule has 2 aromatic heterocycles. The normalized spacial score (nSPS) is 10.4. The van der Waals surface area contributed by atoms with Crippen LogP contribution in [0.25, 0.3) is 11.4 Å². The smallest absolute Gasteiger partial charge is 0.313 e. The van der Waals surface area contributed by atoms with Gasteiger partial charge in [-0.25, -0.2) is 9.97 Å². The Morgan fingerprint density at radius 1 is 1.47 bits per heavy atom. The molecule has 2 heterocycles. The number of aryl methyl sites for hydroxylation is 1. The number of hydrogen-bond donors (Lipinski definition) is 1. The lowest BCUT2D eigenvalue weighted by Crippen LogP contribution is -2.00. The fourth-order valence-corrected chi connectivity index (χ4v) is 1.86. The molecule has 0 spiro atoms. The number of nitrogens with zero attached hydrogens (tertiary/aromatic N) is 4. The van der Waals surface area contributed by atoms with Gasteiger partial charge in [0.2, 0.25) is 0 Å². The molecular formula is C10H10N4O2S. The molecule has 0 aliphatic heterocycles. The van der Waals surface area contributed by atoms with E-state index in [2.05, 4.69) is 15.1 Å². The molecule has 0 atom stereocenters. The average Bonchev–Trinajstić information content (AvgIpc) is 2.73. The second kappa shape index (κ2) is 4.96. The molecule has 0 saturated heterocycles. The third-order valence-corrected chi connectivity index (χ3v) is 2.89. The number of rotatable bonds is 4. The van der Waals surface area contributed by atoms with E-state index >= 15 is 0 Å². The van der Waals surface area contributed by atoms with Gasteiger partial charge in [-0.05, 0) is 12.1 Å². The van der Waals surface area contributed by atoms with Gasteiger partial charge in [0.1, 0.15) is 0 Å². The van der Waals surface area contributed by atoms with Crippen LogP contribution in [0, 0.1) is 0 Å². The van der Waals surface area contributed by atoms with E-state index in [1.807, 2.05) is 13.1 Å². The van der Waals surface area contributed by atoms with E-state index in [0.29, 0.717) is 5.16 Å². The summed E-state index contributed by atoms with van der Waals surface area (Å²) >= 11 is 1.09. The number of carboxylic acids is 1. The number of thioether (sulfide) groups is 1. The Labute approximate surface area is 102 Å². The molecule has 0 radical (unpaired) electrons. The summed E-state index contributed by atoms with van der Waals surface area (Å²) in [6, 6.07) is 3.61. The van der Waals surface area contributed by atoms with Gasteiger partial charge in [0.25, 0.3) is 0 Å². The molecule has 0 unspecified atom stereocenters. The summed E-state index contributed by atoms with van der Waals surface area (Å²) in [5.41, 5.74) is 1.59. The summed E-state index contributed by atoms with van der Waals surface area (Å²) in [5.74, 6) is -0.931. The summed E-state index contributed by atoms with van der Waals surface area (Å²) < 4.78 is 1.70. The van der Waals surface area contributed by atoms with Crippen molar-refractivity contribution in [1.29, 1.82) is 0 Å². The SMILES string of the molecule is Cn1nccc1-c1ccnc(SCC(=O)O)n1. The number of aliphatic carboxylic acids is 1. The molecule has 0 aliphatic rings. The second-order valence-corrected chi connectivity index (χ2v) is 4.19. The summed E-state index contributed by atoms with van der Waals surface area (Å²) in [6.07, 6.45) is 3.29. The highest BCUT2D eigenvalue weighted by molar-refractivity contribution is 7.99. The summed E-state index contributed by atoms with van der Waals surface area (Å²) in [4.78, 5) is 18.7. The van der Waals surface area contributed by atoms with Crippen molar-refractivity contribution >= 4 is 17.7 Å². The Morgan fingerprint density at radius 3 is 2.94 bits per heavy atom. The lowest BCUT2D eigenvalue weighted by atomic mass is 10.3. The Hall–Kier alpha value is -1.89. The Morgan fingerprint density at radius 2 is 2.29 bits per heavy atom. The molecule has 7 heteroatoms. The van der Waals surface area contributed by atoms with Crippen LogP contribution < -0.4 is 0 Å². The molecule has 2 aromatic rings. The number of hydrogen-bond acceptors (Lipinski definition) is 5. The van der Waals surface area contributed by atoms with E-state index in [1.54, 1.807) is 23.1 Å². The molecule has 0 saturated carbocycles. The summed E-state index contributed by atoms with van der Waals surface area (Å²) in [5, 5.41) is 13.1. The van der Waals surface area contributed by atoms with E-state index in [9.17, 15) is 4.79 Å². The van der Waals surface area contributed by atoms with Crippen LogP contribution in [0.4, 0.5) is 0 Å². The third kappa shape index (κ3) is 2.82. The van der Waals surface area contributed by atoms with Crippen LogP contribution in [0.3, 0.4) is 0 Å². The number of carbonyl (C=O) groups is 1. The van der Waals surface area contributed by atoms with Gasteiger partial charge in [-0.15, -0.1) is 0 Å². The minimum atomic E-state index is -0.885. The molecule has 6 nitrogen and oxygen atoms in total. The first-order chi connectivity index (χ1) is 8.16. The average molecular weight is 250 g/mol.